The average molecular weight is 343 g/mol. The zero-order chi connectivity index (χ0) is 16.4. The van der Waals surface area contributed by atoms with E-state index in [-0.39, 0.29) is 18.7 Å². The number of amides is 1. The Hall–Kier alpha value is -2.41. The lowest BCUT2D eigenvalue weighted by atomic mass is 10.1. The summed E-state index contributed by atoms with van der Waals surface area (Å²) in [6.07, 6.45) is 6.06. The Kier molecular flexibility index (Phi) is 4.17. The van der Waals surface area contributed by atoms with Gasteiger partial charge in [-0.1, -0.05) is 6.07 Å². The molecule has 0 aliphatic carbocycles. The molecule has 1 fully saturated rings. The highest BCUT2D eigenvalue weighted by Gasteiger charge is 2.28. The zero-order valence-corrected chi connectivity index (χ0v) is 13.8. The summed E-state index contributed by atoms with van der Waals surface area (Å²) in [5, 5.41) is 6.88. The van der Waals surface area contributed by atoms with Crippen molar-refractivity contribution in [1.29, 1.82) is 0 Å². The van der Waals surface area contributed by atoms with Gasteiger partial charge >= 0.3 is 0 Å². The highest BCUT2D eigenvalue weighted by Crippen LogP contribution is 2.33. The number of nitrogens with zero attached hydrogens (tertiary/aromatic N) is 2. The maximum Gasteiger partial charge on any atom is 0.252 e. The second kappa shape index (κ2) is 6.60. The molecule has 1 unspecified atom stereocenters. The molecule has 2 aliphatic heterocycles. The highest BCUT2D eigenvalue weighted by atomic mass is 32.2. The predicted molar refractivity (Wildman–Crippen MR) is 93.4 cm³/mol. The van der Waals surface area contributed by atoms with Crippen LogP contribution in [0.15, 0.2) is 36.5 Å². The van der Waals surface area contributed by atoms with Crippen LogP contribution in [0.4, 0.5) is 5.82 Å². The van der Waals surface area contributed by atoms with Gasteiger partial charge in [0.05, 0.1) is 6.20 Å². The Bertz CT molecular complexity index is 754. The molecule has 1 N–H and O–H groups in total. The van der Waals surface area contributed by atoms with Gasteiger partial charge in [-0.3, -0.25) is 14.8 Å². The Labute approximate surface area is 143 Å². The molecule has 1 saturated heterocycles. The van der Waals surface area contributed by atoms with Gasteiger partial charge in [0.2, 0.25) is 6.79 Å². The molecule has 2 aromatic rings. The molecule has 2 aliphatic rings. The van der Waals surface area contributed by atoms with E-state index in [1.807, 2.05) is 36.0 Å². The number of anilines is 1. The largest absolute Gasteiger partial charge is 0.454 e. The van der Waals surface area contributed by atoms with Crippen molar-refractivity contribution in [2.45, 2.75) is 12.5 Å². The summed E-state index contributed by atoms with van der Waals surface area (Å²) < 4.78 is 10.7. The quantitative estimate of drug-likeness (QED) is 0.865. The van der Waals surface area contributed by atoms with E-state index >= 15 is 0 Å². The van der Waals surface area contributed by atoms with Crippen LogP contribution in [0.3, 0.4) is 0 Å². The van der Waals surface area contributed by atoms with Crippen molar-refractivity contribution in [2.75, 3.05) is 23.2 Å². The fraction of sp³-hybridized carbons (Fsp3) is 0.294. The fourth-order valence-electron chi connectivity index (χ4n) is 2.87. The summed E-state index contributed by atoms with van der Waals surface area (Å²) in [7, 11) is 0. The number of benzene rings is 1. The zero-order valence-electron chi connectivity index (χ0n) is 13.0. The van der Waals surface area contributed by atoms with E-state index in [0.29, 0.717) is 5.75 Å². The summed E-state index contributed by atoms with van der Waals surface area (Å²) in [6.45, 7) is 0.244. The van der Waals surface area contributed by atoms with Crippen LogP contribution >= 0.6 is 11.8 Å². The first-order valence-electron chi connectivity index (χ1n) is 7.79. The second-order valence-corrected chi connectivity index (χ2v) is 6.76. The predicted octanol–water partition coefficient (Wildman–Crippen LogP) is 2.69. The van der Waals surface area contributed by atoms with Crippen LogP contribution in [0.2, 0.25) is 0 Å². The smallest absolute Gasteiger partial charge is 0.252 e. The molecular formula is C17H17N3O3S. The van der Waals surface area contributed by atoms with Crippen LogP contribution in [-0.2, 0) is 4.79 Å². The first kappa shape index (κ1) is 15.1. The minimum Gasteiger partial charge on any atom is -0.454 e. The molecular weight excluding hydrogens is 326 g/mol. The number of H-pyrrole nitrogens is 1. The molecule has 0 radical (unpaired) electrons. The van der Waals surface area contributed by atoms with E-state index in [9.17, 15) is 4.79 Å². The summed E-state index contributed by atoms with van der Waals surface area (Å²) in [6, 6.07) is 7.66. The van der Waals surface area contributed by atoms with Gasteiger partial charge in [0, 0.05) is 23.9 Å². The second-order valence-electron chi connectivity index (χ2n) is 5.61. The van der Waals surface area contributed by atoms with Crippen molar-refractivity contribution in [1.82, 2.24) is 10.2 Å². The number of thioether (sulfide) groups is 1. The van der Waals surface area contributed by atoms with E-state index in [0.717, 1.165) is 35.1 Å². The molecule has 24 heavy (non-hydrogen) atoms. The third-order valence-corrected chi connectivity index (χ3v) is 5.21. The monoisotopic (exact) mass is 343 g/mol. The molecule has 124 valence electrons. The van der Waals surface area contributed by atoms with Crippen molar-refractivity contribution in [3.63, 3.8) is 0 Å². The number of fused-ring (bicyclic) bond motifs is 1. The standard InChI is InChI=1S/C17H17N3O3S/c21-17(4-2-12-1-3-14-15(9-12)23-11-22-14)20(13-6-8-24-10-13)16-5-7-18-19-16/h1-5,7,9,13H,6,8,10-11H2,(H,18,19)/b4-2+. The van der Waals surface area contributed by atoms with Gasteiger partial charge in [0.1, 0.15) is 5.82 Å². The maximum atomic E-state index is 12.8. The van der Waals surface area contributed by atoms with Gasteiger partial charge in [0.25, 0.3) is 5.91 Å². The van der Waals surface area contributed by atoms with Crippen molar-refractivity contribution in [3.05, 3.63) is 42.1 Å². The topological polar surface area (TPSA) is 67.5 Å². The van der Waals surface area contributed by atoms with Gasteiger partial charge in [0.15, 0.2) is 11.5 Å². The summed E-state index contributed by atoms with van der Waals surface area (Å²) in [5.41, 5.74) is 0.901. The van der Waals surface area contributed by atoms with Crippen molar-refractivity contribution < 1.29 is 14.3 Å². The SMILES string of the molecule is O=C(/C=C/c1ccc2c(c1)OCO2)N(c1ccn[nH]1)C1CCSC1. The highest BCUT2D eigenvalue weighted by molar-refractivity contribution is 7.99. The van der Waals surface area contributed by atoms with Crippen LogP contribution in [-0.4, -0.2) is 40.4 Å². The molecule has 4 rings (SSSR count). The number of carbonyl (C=O) groups excluding carboxylic acids is 1. The number of aromatic amines is 1. The van der Waals surface area contributed by atoms with Crippen LogP contribution in [0.1, 0.15) is 12.0 Å². The number of hydrogen-bond acceptors (Lipinski definition) is 5. The number of ether oxygens (including phenoxy) is 2. The molecule has 0 saturated carbocycles. The Morgan fingerprint density at radius 3 is 3.04 bits per heavy atom. The van der Waals surface area contributed by atoms with Crippen LogP contribution in [0.25, 0.3) is 6.08 Å². The van der Waals surface area contributed by atoms with Crippen molar-refractivity contribution in [2.24, 2.45) is 0 Å². The van der Waals surface area contributed by atoms with E-state index in [1.165, 1.54) is 0 Å². The maximum absolute atomic E-state index is 12.8. The van der Waals surface area contributed by atoms with E-state index in [2.05, 4.69) is 10.2 Å². The van der Waals surface area contributed by atoms with Gasteiger partial charge in [-0.2, -0.15) is 16.9 Å². The lowest BCUT2D eigenvalue weighted by Gasteiger charge is -2.25. The molecule has 1 amide bonds. The molecule has 1 aromatic carbocycles. The molecule has 0 bridgehead atoms. The van der Waals surface area contributed by atoms with Gasteiger partial charge in [-0.05, 0) is 35.9 Å². The van der Waals surface area contributed by atoms with Crippen molar-refractivity contribution in [3.8, 4) is 11.5 Å². The number of rotatable bonds is 4. The van der Waals surface area contributed by atoms with E-state index in [1.54, 1.807) is 23.2 Å². The Morgan fingerprint density at radius 2 is 2.25 bits per heavy atom. The molecule has 1 aromatic heterocycles. The van der Waals surface area contributed by atoms with Gasteiger partial charge < -0.3 is 9.47 Å². The first-order valence-corrected chi connectivity index (χ1v) is 8.95. The molecule has 3 heterocycles. The normalized spacial score (nSPS) is 19.1. The number of hydrogen-bond donors (Lipinski definition) is 1. The third-order valence-electron chi connectivity index (χ3n) is 4.07. The summed E-state index contributed by atoms with van der Waals surface area (Å²) in [5.74, 6) is 4.16. The third kappa shape index (κ3) is 2.99. The molecule has 7 heteroatoms. The first-order chi connectivity index (χ1) is 11.8. The van der Waals surface area contributed by atoms with Gasteiger partial charge in [-0.25, -0.2) is 0 Å². The van der Waals surface area contributed by atoms with Crippen LogP contribution in [0.5, 0.6) is 11.5 Å². The minimum atomic E-state index is -0.0515. The summed E-state index contributed by atoms with van der Waals surface area (Å²) in [4.78, 5) is 14.6. The van der Waals surface area contributed by atoms with Crippen LogP contribution < -0.4 is 14.4 Å². The van der Waals surface area contributed by atoms with Crippen LogP contribution in [0, 0.1) is 0 Å². The van der Waals surface area contributed by atoms with E-state index < -0.39 is 0 Å². The summed E-state index contributed by atoms with van der Waals surface area (Å²) >= 11 is 1.87. The Morgan fingerprint density at radius 1 is 1.33 bits per heavy atom. The van der Waals surface area contributed by atoms with Gasteiger partial charge in [-0.15, -0.1) is 0 Å². The molecule has 1 atom stereocenters. The van der Waals surface area contributed by atoms with E-state index in [4.69, 9.17) is 9.47 Å². The average Bonchev–Trinajstić information content (AvgIpc) is 3.35. The lowest BCUT2D eigenvalue weighted by Crippen LogP contribution is -2.39. The lowest BCUT2D eigenvalue weighted by molar-refractivity contribution is -0.114. The number of carbonyl (C=O) groups is 1. The minimum absolute atomic E-state index is 0.0515. The molecule has 6 nitrogen and oxygen atoms in total. The fourth-order valence-corrected chi connectivity index (χ4v) is 4.06. The number of nitrogens with one attached hydrogen (secondary N) is 1. The Balaban J connectivity index is 1.54. The number of aromatic nitrogens is 2. The molecule has 0 spiro atoms. The van der Waals surface area contributed by atoms with Crippen molar-refractivity contribution >= 4 is 29.6 Å².